The van der Waals surface area contributed by atoms with Crippen LogP contribution in [0.3, 0.4) is 0 Å². The zero-order valence-corrected chi connectivity index (χ0v) is 7.13. The Hall–Kier alpha value is -1.47. The number of hydrogen-bond acceptors (Lipinski definition) is 4. The minimum absolute atomic E-state index is 0. The van der Waals surface area contributed by atoms with Gasteiger partial charge in [0.2, 0.25) is 0 Å². The van der Waals surface area contributed by atoms with Crippen LogP contribution in [-0.2, 0) is 16.8 Å². The van der Waals surface area contributed by atoms with Gasteiger partial charge in [-0.25, -0.2) is 19.6 Å². The van der Waals surface area contributed by atoms with Gasteiger partial charge in [0.05, 0.1) is 0 Å². The number of hydrogen-bond donors (Lipinski definition) is 2. The molecule has 1 rings (SSSR count). The molecule has 1 heterocycles. The second-order valence-electron chi connectivity index (χ2n) is 1.86. The number of nitrogens with zero attached hydrogens (tertiary/aromatic N) is 2. The topological polar surface area (TPSA) is 100 Å². The first-order valence-electron chi connectivity index (χ1n) is 2.90. The molecule has 7 heteroatoms. The van der Waals surface area contributed by atoms with Gasteiger partial charge in [-0.3, -0.25) is 0 Å². The summed E-state index contributed by atoms with van der Waals surface area (Å²) >= 11 is 0. The summed E-state index contributed by atoms with van der Waals surface area (Å²) in [5.74, 6) is -2.80. The molecule has 1 aromatic rings. The third-order valence-electron chi connectivity index (χ3n) is 1.10. The van der Waals surface area contributed by atoms with E-state index in [0.717, 1.165) is 12.4 Å². The third kappa shape index (κ3) is 2.49. The minimum atomic E-state index is -1.40. The van der Waals surface area contributed by atoms with Gasteiger partial charge in [0.1, 0.15) is 0 Å². The first kappa shape index (κ1) is 11.5. The van der Waals surface area contributed by atoms with Gasteiger partial charge in [-0.2, -0.15) is 0 Å². The average Bonchev–Trinajstić information content (AvgIpc) is 2.04. The smallest absolute Gasteiger partial charge is 0.357 e. The summed E-state index contributed by atoms with van der Waals surface area (Å²) in [5, 5.41) is 16.9. The Morgan fingerprint density at radius 1 is 1.00 bits per heavy atom. The van der Waals surface area contributed by atoms with E-state index in [9.17, 15) is 9.59 Å². The molecule has 0 aliphatic heterocycles. The van der Waals surface area contributed by atoms with Crippen molar-refractivity contribution in [2.75, 3.05) is 0 Å². The molecule has 6 nitrogen and oxygen atoms in total. The van der Waals surface area contributed by atoms with E-state index < -0.39 is 23.3 Å². The molecule has 0 aromatic carbocycles. The number of aromatic nitrogens is 2. The maximum atomic E-state index is 10.4. The monoisotopic (exact) mass is 227 g/mol. The van der Waals surface area contributed by atoms with Crippen LogP contribution in [0.5, 0.6) is 0 Å². The van der Waals surface area contributed by atoms with Crippen molar-refractivity contribution in [1.29, 1.82) is 0 Å². The van der Waals surface area contributed by atoms with Crippen molar-refractivity contribution in [3.05, 3.63) is 23.8 Å². The van der Waals surface area contributed by atoms with E-state index in [1.165, 1.54) is 0 Å². The molecule has 0 aliphatic carbocycles. The molecule has 0 amide bonds. The quantitative estimate of drug-likeness (QED) is 0.729. The molecule has 1 aromatic heterocycles. The van der Waals surface area contributed by atoms with Gasteiger partial charge in [-0.05, 0) is 0 Å². The van der Waals surface area contributed by atoms with E-state index in [-0.39, 0.29) is 16.8 Å². The van der Waals surface area contributed by atoms with Gasteiger partial charge < -0.3 is 10.2 Å². The largest absolute Gasteiger partial charge is 0.476 e. The standard InChI is InChI=1S/C6H4N2O4.Co/c9-5(10)3-4(6(11)12)8-2-1-7-3;/h1-2H,(H,9,10)(H,11,12);. The Bertz CT molecular complexity index is 308. The Labute approximate surface area is 82.8 Å². The molecule has 0 fully saturated rings. The Balaban J connectivity index is 0.00000144. The maximum Gasteiger partial charge on any atom is 0.357 e. The molecule has 0 aliphatic rings. The molecule has 1 radical (unpaired) electrons. The second kappa shape index (κ2) is 4.53. The van der Waals surface area contributed by atoms with E-state index in [1.807, 2.05) is 0 Å². The van der Waals surface area contributed by atoms with Gasteiger partial charge >= 0.3 is 11.9 Å². The van der Waals surface area contributed by atoms with Gasteiger partial charge in [-0.1, -0.05) is 0 Å². The molecule has 2 N–H and O–H groups in total. The van der Waals surface area contributed by atoms with Crippen molar-refractivity contribution in [2.45, 2.75) is 0 Å². The van der Waals surface area contributed by atoms with Crippen molar-refractivity contribution in [2.24, 2.45) is 0 Å². The third-order valence-corrected chi connectivity index (χ3v) is 1.10. The Morgan fingerprint density at radius 3 is 1.54 bits per heavy atom. The summed E-state index contributed by atoms with van der Waals surface area (Å²) in [5.41, 5.74) is -1.10. The van der Waals surface area contributed by atoms with Crippen molar-refractivity contribution >= 4 is 11.9 Å². The SMILES string of the molecule is O=C(O)c1nccnc1C(=O)O.[Co]. The molecule has 0 atom stereocenters. The number of carbonyl (C=O) groups is 2. The molecular formula is C6H4CoN2O4. The number of aromatic carboxylic acids is 2. The summed E-state index contributed by atoms with van der Waals surface area (Å²) in [7, 11) is 0. The summed E-state index contributed by atoms with van der Waals surface area (Å²) in [4.78, 5) is 27.4. The first-order chi connectivity index (χ1) is 5.63. The van der Waals surface area contributed by atoms with Crippen LogP contribution in [0.2, 0.25) is 0 Å². The molecule has 0 saturated carbocycles. The normalized spacial score (nSPS) is 8.62. The fourth-order valence-corrected chi connectivity index (χ4v) is 0.651. The maximum absolute atomic E-state index is 10.4. The van der Waals surface area contributed by atoms with Crippen LogP contribution in [0.4, 0.5) is 0 Å². The summed E-state index contributed by atoms with van der Waals surface area (Å²) in [6.07, 6.45) is 2.24. The summed E-state index contributed by atoms with van der Waals surface area (Å²) in [6, 6.07) is 0. The van der Waals surface area contributed by atoms with E-state index in [1.54, 1.807) is 0 Å². The predicted molar refractivity (Wildman–Crippen MR) is 36.0 cm³/mol. The summed E-state index contributed by atoms with van der Waals surface area (Å²) in [6.45, 7) is 0. The van der Waals surface area contributed by atoms with Crippen molar-refractivity contribution < 1.29 is 36.6 Å². The zero-order valence-electron chi connectivity index (χ0n) is 6.09. The van der Waals surface area contributed by atoms with Crippen LogP contribution in [0.1, 0.15) is 21.0 Å². The van der Waals surface area contributed by atoms with Crippen molar-refractivity contribution in [3.63, 3.8) is 0 Å². The van der Waals surface area contributed by atoms with Gasteiger partial charge in [0, 0.05) is 29.2 Å². The van der Waals surface area contributed by atoms with Gasteiger partial charge in [0.15, 0.2) is 11.4 Å². The van der Waals surface area contributed by atoms with E-state index >= 15 is 0 Å². The molecule has 0 saturated heterocycles. The predicted octanol–water partition coefficient (Wildman–Crippen LogP) is -0.130. The molecule has 0 spiro atoms. The molecular weight excluding hydrogens is 223 g/mol. The molecule has 0 unspecified atom stereocenters. The number of carboxylic acids is 2. The average molecular weight is 227 g/mol. The van der Waals surface area contributed by atoms with E-state index in [2.05, 4.69) is 9.97 Å². The first-order valence-corrected chi connectivity index (χ1v) is 2.90. The molecule has 0 bridgehead atoms. The molecule has 13 heavy (non-hydrogen) atoms. The minimum Gasteiger partial charge on any atom is -0.476 e. The van der Waals surface area contributed by atoms with Crippen molar-refractivity contribution in [3.8, 4) is 0 Å². The molecule has 71 valence electrons. The summed E-state index contributed by atoms with van der Waals surface area (Å²) < 4.78 is 0. The number of rotatable bonds is 2. The van der Waals surface area contributed by atoms with Crippen LogP contribution in [0.25, 0.3) is 0 Å². The fourth-order valence-electron chi connectivity index (χ4n) is 0.651. The zero-order chi connectivity index (χ0) is 9.14. The van der Waals surface area contributed by atoms with Crippen LogP contribution in [-0.4, -0.2) is 32.1 Å². The fraction of sp³-hybridized carbons (Fsp3) is 0. The van der Waals surface area contributed by atoms with Gasteiger partial charge in [-0.15, -0.1) is 0 Å². The van der Waals surface area contributed by atoms with Crippen molar-refractivity contribution in [1.82, 2.24) is 9.97 Å². The second-order valence-corrected chi connectivity index (χ2v) is 1.86. The van der Waals surface area contributed by atoms with E-state index in [4.69, 9.17) is 10.2 Å². The van der Waals surface area contributed by atoms with E-state index in [0.29, 0.717) is 0 Å². The van der Waals surface area contributed by atoms with Gasteiger partial charge in [0.25, 0.3) is 0 Å². The van der Waals surface area contributed by atoms with Crippen LogP contribution >= 0.6 is 0 Å². The Morgan fingerprint density at radius 2 is 1.31 bits per heavy atom. The van der Waals surface area contributed by atoms with Crippen LogP contribution < -0.4 is 0 Å². The number of carboxylic acid groups (broad SMARTS) is 2. The van der Waals surface area contributed by atoms with Crippen LogP contribution in [0.15, 0.2) is 12.4 Å². The Kier molecular flexibility index (Phi) is 4.01. The van der Waals surface area contributed by atoms with Crippen LogP contribution in [0, 0.1) is 0 Å².